The molecule has 33 nitrogen and oxygen atoms in total. The van der Waals surface area contributed by atoms with Gasteiger partial charge in [-0.05, 0) is 170 Å². The van der Waals surface area contributed by atoms with Gasteiger partial charge in [0.1, 0.15) is 90.4 Å². The highest BCUT2D eigenvalue weighted by molar-refractivity contribution is 9.10. The number of fused-ring (bicyclic) bond motifs is 12. The van der Waals surface area contributed by atoms with Gasteiger partial charge in [-0.2, -0.15) is 0 Å². The number of benzene rings is 5. The lowest BCUT2D eigenvalue weighted by atomic mass is 10.0. The number of nitrogens with one attached hydrogen (secondary N) is 7. The Morgan fingerprint density at radius 2 is 0.791 bits per heavy atom. The van der Waals surface area contributed by atoms with Crippen LogP contribution in [0.5, 0.6) is 0 Å². The molecule has 20 rings (SSSR count). The van der Waals surface area contributed by atoms with E-state index in [-0.39, 0.29) is 198 Å². The van der Waals surface area contributed by atoms with Crippen molar-refractivity contribution < 1.29 is 90.2 Å². The highest BCUT2D eigenvalue weighted by Crippen LogP contribution is 2.46. The van der Waals surface area contributed by atoms with Crippen LogP contribution >= 0.6 is 31.9 Å². The number of rotatable bonds is 18. The van der Waals surface area contributed by atoms with Gasteiger partial charge in [-0.3, -0.25) is 33.6 Å². The van der Waals surface area contributed by atoms with Gasteiger partial charge in [-0.25, -0.2) is 72.2 Å². The van der Waals surface area contributed by atoms with Crippen molar-refractivity contribution in [2.45, 2.75) is 26.2 Å². The molecule has 134 heavy (non-hydrogen) atoms. The highest BCUT2D eigenvalue weighted by Gasteiger charge is 2.36. The fraction of sp³-hybridized carbons (Fsp3) is 0.0659. The van der Waals surface area contributed by atoms with E-state index in [9.17, 15) is 87.8 Å². The molecule has 43 heteroatoms. The van der Waals surface area contributed by atoms with Crippen molar-refractivity contribution in [3.05, 3.63) is 355 Å². The molecule has 0 saturated carbocycles. The first kappa shape index (κ1) is 89.6. The number of hydrogen-bond donors (Lipinski definition) is 10. The van der Waals surface area contributed by atoms with Gasteiger partial charge in [0, 0.05) is 88.6 Å². The van der Waals surface area contributed by atoms with Crippen LogP contribution in [0.25, 0.3) is 132 Å². The van der Waals surface area contributed by atoms with Crippen molar-refractivity contribution in [3.8, 4) is 44.5 Å². The molecule has 5 aromatic carbocycles. The number of carbonyl (C=O) groups is 4. The van der Waals surface area contributed by atoms with Crippen LogP contribution in [-0.2, 0) is 46.2 Å². The highest BCUT2D eigenvalue weighted by atomic mass is 79.9. The van der Waals surface area contributed by atoms with Crippen molar-refractivity contribution in [3.63, 3.8) is 0 Å². The van der Waals surface area contributed by atoms with Gasteiger partial charge in [0.05, 0.1) is 144 Å². The molecule has 0 radical (unpaired) electrons. The summed E-state index contributed by atoms with van der Waals surface area (Å²) in [6.45, 7) is -0.656. The van der Waals surface area contributed by atoms with E-state index >= 15 is 8.78 Å². The van der Waals surface area contributed by atoms with Crippen molar-refractivity contribution in [1.29, 1.82) is 0 Å². The molecule has 15 heterocycles. The summed E-state index contributed by atoms with van der Waals surface area (Å²) >= 11 is 6.52. The summed E-state index contributed by atoms with van der Waals surface area (Å²) in [5, 5.41) is 21.8. The van der Waals surface area contributed by atoms with E-state index in [1.807, 2.05) is 9.44 Å². The number of nitrogens with two attached hydrogens (primary N) is 1. The van der Waals surface area contributed by atoms with Crippen LogP contribution in [0.4, 0.5) is 32.2 Å². The Labute approximate surface area is 760 Å². The number of nitrogens with zero attached hydrogens (tertiary/aromatic N) is 6. The Bertz CT molecular complexity index is 8910. The van der Waals surface area contributed by atoms with Gasteiger partial charge in [0.15, 0.2) is 0 Å². The summed E-state index contributed by atoms with van der Waals surface area (Å²) in [6, 6.07) is 35.4. The predicted octanol–water partition coefficient (Wildman–Crippen LogP) is 15.4. The minimum atomic E-state index is -4.03. The molecule has 0 unspecified atom stereocenters. The van der Waals surface area contributed by atoms with Gasteiger partial charge in [-0.1, -0.05) is 18.2 Å². The Kier molecular flexibility index (Phi) is 23.7. The van der Waals surface area contributed by atoms with E-state index in [1.165, 1.54) is 184 Å². The van der Waals surface area contributed by atoms with Gasteiger partial charge >= 0.3 is 11.9 Å². The number of nitrogen functional groups attached to an aromatic ring is 1. The number of furan rings is 4. The van der Waals surface area contributed by atoms with Crippen LogP contribution < -0.4 is 43.0 Å². The number of sulfonamides is 2. The van der Waals surface area contributed by atoms with Crippen LogP contribution in [0, 0.1) is 34.9 Å². The van der Waals surface area contributed by atoms with Crippen LogP contribution in [-0.4, -0.2) is 116 Å². The zero-order valence-electron chi connectivity index (χ0n) is 68.5. The first-order chi connectivity index (χ1) is 64.0. The van der Waals surface area contributed by atoms with Crippen molar-refractivity contribution in [1.82, 2.24) is 62.6 Å². The minimum absolute atomic E-state index is 0.00781. The number of halogens is 8. The summed E-state index contributed by atoms with van der Waals surface area (Å²) in [4.78, 5) is 135. The van der Waals surface area contributed by atoms with Gasteiger partial charge < -0.3 is 76.8 Å². The molecular weight excluding hydrogens is 1930 g/mol. The molecule has 0 fully saturated rings. The quantitative estimate of drug-likeness (QED) is 0.0282. The molecule has 0 saturated heterocycles. The molecule has 0 spiro atoms. The first-order valence-electron chi connectivity index (χ1n) is 39.2. The summed E-state index contributed by atoms with van der Waals surface area (Å²) in [7, 11) is -8.01. The summed E-state index contributed by atoms with van der Waals surface area (Å²) in [5.41, 5.74) is 5.07. The number of carboxylic acid groups (broad SMARTS) is 2. The van der Waals surface area contributed by atoms with Gasteiger partial charge in [0.2, 0.25) is 25.6 Å². The Hall–Kier alpha value is -16.4. The number of hydrogen-bond acceptors (Lipinski definition) is 20. The van der Waals surface area contributed by atoms with Crippen molar-refractivity contribution >= 4 is 169 Å². The third kappa shape index (κ3) is 16.8. The monoisotopic (exact) mass is 1990 g/mol. The van der Waals surface area contributed by atoms with Crippen LogP contribution in [0.2, 0.25) is 0 Å². The molecular formula is C91H60Br2F6N14O19S2. The first-order valence-corrected chi connectivity index (χ1v) is 44.6. The van der Waals surface area contributed by atoms with E-state index in [1.54, 1.807) is 36.4 Å². The molecule has 11 N–H and O–H groups in total. The van der Waals surface area contributed by atoms with Crippen LogP contribution in [0.1, 0.15) is 64.3 Å². The number of amides is 2. The number of aromatic amines is 5. The smallest absolute Gasteiger partial charge is 0.353 e. The molecule has 15 aromatic heterocycles. The van der Waals surface area contributed by atoms with E-state index in [0.29, 0.717) is 25.6 Å². The lowest BCUT2D eigenvalue weighted by molar-refractivity contribution is 0.0676. The summed E-state index contributed by atoms with van der Waals surface area (Å²) in [6.07, 6.45) is 15.3. The minimum Gasteiger partial charge on any atom is -0.477 e. The summed E-state index contributed by atoms with van der Waals surface area (Å²) < 4.78 is 169. The lowest BCUT2D eigenvalue weighted by Crippen LogP contribution is -2.32. The molecule has 20 aromatic rings. The fourth-order valence-electron chi connectivity index (χ4n) is 16.2. The number of H-pyrrole nitrogens is 5. The number of anilines is 1. The Morgan fingerprint density at radius 1 is 0.425 bits per heavy atom. The maximum Gasteiger partial charge on any atom is 0.353 e. The third-order valence-corrected chi connectivity index (χ3v) is 23.8. The van der Waals surface area contributed by atoms with Gasteiger partial charge in [0.25, 0.3) is 34.1 Å². The maximum absolute atomic E-state index is 15.1. The second kappa shape index (κ2) is 35.5. The SMILES string of the molecule is CS(=O)(=O)NC(=O)c1c(-c2ccc[nH]c2=O)c2c3occc3c(F)cc2n1Cc1ccccc1F.CS(=O)(=O)NC(=O)c1c(-c2ccc[nH]c2=O)c2c3occc3c(F)cc2n1Cc1ccnc(N)c1.O=C(O)c1c(-c2ccc[nH]c2=O)c2c3occc3c(F)cc2n1Cc1cc(=O)[nH]cc1Br.O=C(O)c1c(-c2ccc[nH]c2=O)c2c3occc3c(F)cc2n1Cc1nc(Br)ccc1F. The second-order valence-corrected chi connectivity index (χ2v) is 35.1. The van der Waals surface area contributed by atoms with Crippen LogP contribution in [0.3, 0.4) is 0 Å². The molecule has 2 amide bonds. The predicted molar refractivity (Wildman–Crippen MR) is 488 cm³/mol. The number of carboxylic acids is 2. The van der Waals surface area contributed by atoms with Crippen molar-refractivity contribution in [2.24, 2.45) is 0 Å². The molecule has 0 aliphatic heterocycles. The Morgan fingerprint density at radius 3 is 1.16 bits per heavy atom. The van der Waals surface area contributed by atoms with E-state index in [4.69, 9.17) is 23.4 Å². The van der Waals surface area contributed by atoms with E-state index in [0.717, 1.165) is 24.6 Å². The fourth-order valence-corrected chi connectivity index (χ4v) is 17.8. The normalized spacial score (nSPS) is 11.7. The lowest BCUT2D eigenvalue weighted by Gasteiger charge is -2.13. The maximum atomic E-state index is 15.1. The summed E-state index contributed by atoms with van der Waals surface area (Å²) in [5.74, 6) is -8.32. The second-order valence-electron chi connectivity index (χ2n) is 30.0. The number of aromatic carboxylic acids is 2. The standard InChI is InChI=1S/C24H17F2N3O5S.C23H18FN5O5S.C22H12BrF2N3O4.C22H13BrFN3O5/c1-35(32,33)28-24(31)21-19(15-6-4-9-27-23(15)30)20-18(11-17(26)14-8-10-34-22(14)20)29(21)12-13-5-2-3-7-16(13)25;1-35(32,33)28-23(31)20-18(14-3-2-6-27-22(14)30)19-16(10-15(24)13-5-8-34-21(13)19)29(20)11-12-4-7-26-17(25)9-12;23-16-4-3-12(24)14(27-16)9-28-15-8-13(25)10-5-7-32-20(10)18(15)17(19(28)22(30)31)11-2-1-6-26-21(11)29;23-13-8-26-16(28)6-10(13)9-27-15-7-14(24)11-3-5-32-20(11)18(15)17(19(27)22(30)31)12-2-1-4-25-21(12)29/h2-11H,12H2,1H3,(H,27,30)(H,28,31);2-10H,11H2,1H3,(H2,25,26)(H,27,30)(H,28,31);1-8H,9H2,(H,26,29)(H,30,31);1-8H,9H2,(H,25,29)(H,26,28)(H,30,31). The zero-order chi connectivity index (χ0) is 94.9. The third-order valence-electron chi connectivity index (χ3n) is 21.6. The molecule has 0 atom stereocenters. The zero-order valence-corrected chi connectivity index (χ0v) is 73.3. The molecule has 0 aliphatic rings. The average molecular weight is 1990 g/mol. The average Bonchev–Trinajstić information content (AvgIpc) is 1.58. The number of pyridine rings is 7. The topological polar surface area (TPSA) is 489 Å². The van der Waals surface area contributed by atoms with E-state index in [2.05, 4.69) is 66.7 Å². The van der Waals surface area contributed by atoms with E-state index < -0.39 is 101 Å². The molecule has 676 valence electrons. The molecule has 0 bridgehead atoms. The molecule has 0 aliphatic carbocycles. The largest absolute Gasteiger partial charge is 0.477 e. The van der Waals surface area contributed by atoms with Gasteiger partial charge in [-0.15, -0.1) is 0 Å². The van der Waals surface area contributed by atoms with Crippen molar-refractivity contribution in [2.75, 3.05) is 18.2 Å². The van der Waals surface area contributed by atoms with Crippen LogP contribution in [0.15, 0.2) is 265 Å². The number of aromatic nitrogens is 11. The number of carbonyl (C=O) groups excluding carboxylic acids is 2. The Balaban J connectivity index is 0.000000124.